The lowest BCUT2D eigenvalue weighted by atomic mass is 10.00. The summed E-state index contributed by atoms with van der Waals surface area (Å²) in [5.41, 5.74) is 6.05. The third-order valence-electron chi connectivity index (χ3n) is 3.59. The van der Waals surface area contributed by atoms with Crippen molar-refractivity contribution in [1.29, 1.82) is 0 Å². The fourth-order valence-corrected chi connectivity index (χ4v) is 2.33. The molecule has 0 aliphatic rings. The Bertz CT molecular complexity index is 713. The summed E-state index contributed by atoms with van der Waals surface area (Å²) in [4.78, 5) is 4.69. The van der Waals surface area contributed by atoms with Crippen molar-refractivity contribution in [2.24, 2.45) is 5.90 Å². The van der Waals surface area contributed by atoms with Crippen LogP contribution in [0.1, 0.15) is 5.56 Å². The smallest absolute Gasteiger partial charge is 0.146 e. The van der Waals surface area contributed by atoms with E-state index < -0.39 is 0 Å². The third-order valence-corrected chi connectivity index (χ3v) is 3.59. The second-order valence-electron chi connectivity index (χ2n) is 5.09. The van der Waals surface area contributed by atoms with E-state index in [1.807, 2.05) is 24.3 Å². The highest BCUT2D eigenvalue weighted by atomic mass is 16.6. The van der Waals surface area contributed by atoms with Gasteiger partial charge in [-0.15, -0.1) is 0 Å². The zero-order valence-corrected chi connectivity index (χ0v) is 11.9. The number of aryl methyl sites for hydroxylation is 1. The van der Waals surface area contributed by atoms with Crippen molar-refractivity contribution in [2.75, 3.05) is 0 Å². The lowest BCUT2D eigenvalue weighted by Crippen LogP contribution is -2.00. The summed E-state index contributed by atoms with van der Waals surface area (Å²) in [5.74, 6) is 5.80. The summed E-state index contributed by atoms with van der Waals surface area (Å²) in [5, 5.41) is 0. The van der Waals surface area contributed by atoms with Crippen LogP contribution in [0.5, 0.6) is 5.75 Å². The summed E-state index contributed by atoms with van der Waals surface area (Å²) >= 11 is 0. The van der Waals surface area contributed by atoms with Crippen molar-refractivity contribution >= 4 is 0 Å². The Labute approximate surface area is 124 Å². The standard InChI is InChI=1S/C19H17NO/c1-14-2-4-15(5-3-14)16-6-8-17(9-7-16)18-10-12-19(21-20)13-11-18/h2-13H,20H2,1H3. The van der Waals surface area contributed by atoms with Crippen LogP contribution in [0.4, 0.5) is 0 Å². The van der Waals surface area contributed by atoms with Gasteiger partial charge in [0, 0.05) is 0 Å². The SMILES string of the molecule is Cc1ccc(-c2ccc(-c3ccc(ON)cc3)cc2)cc1. The van der Waals surface area contributed by atoms with Gasteiger partial charge in [-0.3, -0.25) is 0 Å². The van der Waals surface area contributed by atoms with E-state index in [1.54, 1.807) is 0 Å². The highest BCUT2D eigenvalue weighted by Crippen LogP contribution is 2.26. The molecule has 0 bridgehead atoms. The highest BCUT2D eigenvalue weighted by Gasteiger charge is 2.01. The van der Waals surface area contributed by atoms with Gasteiger partial charge in [-0.2, -0.15) is 5.90 Å². The van der Waals surface area contributed by atoms with E-state index in [1.165, 1.54) is 22.3 Å². The molecule has 3 aromatic rings. The first-order chi connectivity index (χ1) is 10.3. The van der Waals surface area contributed by atoms with E-state index in [0.29, 0.717) is 5.75 Å². The summed E-state index contributed by atoms with van der Waals surface area (Å²) in [7, 11) is 0. The van der Waals surface area contributed by atoms with Crippen molar-refractivity contribution in [1.82, 2.24) is 0 Å². The zero-order valence-electron chi connectivity index (χ0n) is 11.9. The van der Waals surface area contributed by atoms with Gasteiger partial charge in [0.1, 0.15) is 5.75 Å². The number of nitrogens with two attached hydrogens (primary N) is 1. The van der Waals surface area contributed by atoms with Gasteiger partial charge < -0.3 is 4.84 Å². The molecule has 104 valence electrons. The van der Waals surface area contributed by atoms with Gasteiger partial charge in [0.05, 0.1) is 0 Å². The molecule has 2 N–H and O–H groups in total. The second-order valence-corrected chi connectivity index (χ2v) is 5.09. The van der Waals surface area contributed by atoms with Crippen LogP contribution in [0, 0.1) is 6.92 Å². The molecule has 0 atom stereocenters. The van der Waals surface area contributed by atoms with Crippen molar-refractivity contribution in [3.05, 3.63) is 78.4 Å². The average Bonchev–Trinajstić information content (AvgIpc) is 2.56. The summed E-state index contributed by atoms with van der Waals surface area (Å²) < 4.78 is 0. The molecule has 0 saturated heterocycles. The van der Waals surface area contributed by atoms with E-state index in [-0.39, 0.29) is 0 Å². The molecule has 0 aliphatic heterocycles. The lowest BCUT2D eigenvalue weighted by molar-refractivity contribution is 0.334. The molecule has 0 amide bonds. The average molecular weight is 275 g/mol. The predicted octanol–water partition coefficient (Wildman–Crippen LogP) is 4.58. The molecule has 21 heavy (non-hydrogen) atoms. The molecule has 0 saturated carbocycles. The van der Waals surface area contributed by atoms with Gasteiger partial charge in [0.15, 0.2) is 0 Å². The summed E-state index contributed by atoms with van der Waals surface area (Å²) in [6.45, 7) is 2.10. The molecule has 3 aromatic carbocycles. The largest absolute Gasteiger partial charge is 0.412 e. The van der Waals surface area contributed by atoms with Gasteiger partial charge in [0.2, 0.25) is 0 Å². The monoisotopic (exact) mass is 275 g/mol. The Kier molecular flexibility index (Phi) is 3.71. The first-order valence-corrected chi connectivity index (χ1v) is 6.90. The van der Waals surface area contributed by atoms with Crippen LogP contribution in [0.3, 0.4) is 0 Å². The third kappa shape index (κ3) is 2.96. The van der Waals surface area contributed by atoms with Gasteiger partial charge in [-0.25, -0.2) is 0 Å². The molecule has 0 unspecified atom stereocenters. The minimum atomic E-state index is 0.662. The molecule has 0 heterocycles. The second kappa shape index (κ2) is 5.81. The number of rotatable bonds is 3. The molecule has 0 spiro atoms. The van der Waals surface area contributed by atoms with E-state index in [4.69, 9.17) is 10.7 Å². The van der Waals surface area contributed by atoms with Crippen LogP contribution in [-0.2, 0) is 0 Å². The maximum absolute atomic E-state index is 5.13. The van der Waals surface area contributed by atoms with Gasteiger partial charge >= 0.3 is 0 Å². The normalized spacial score (nSPS) is 10.4. The molecular formula is C19H17NO. The van der Waals surface area contributed by atoms with Crippen molar-refractivity contribution in [3.8, 4) is 28.0 Å². The first kappa shape index (κ1) is 13.4. The van der Waals surface area contributed by atoms with Crippen molar-refractivity contribution < 1.29 is 4.84 Å². The van der Waals surface area contributed by atoms with Crippen LogP contribution < -0.4 is 10.7 Å². The predicted molar refractivity (Wildman–Crippen MR) is 86.9 cm³/mol. The van der Waals surface area contributed by atoms with Gasteiger partial charge in [-0.1, -0.05) is 66.2 Å². The van der Waals surface area contributed by atoms with Crippen LogP contribution >= 0.6 is 0 Å². The Balaban J connectivity index is 1.87. The van der Waals surface area contributed by atoms with Crippen LogP contribution in [-0.4, -0.2) is 0 Å². The molecule has 2 heteroatoms. The first-order valence-electron chi connectivity index (χ1n) is 6.90. The Hall–Kier alpha value is -2.58. The quantitative estimate of drug-likeness (QED) is 0.710. The molecule has 0 aromatic heterocycles. The van der Waals surface area contributed by atoms with E-state index in [0.717, 1.165) is 5.56 Å². The Morgan fingerprint density at radius 2 is 0.905 bits per heavy atom. The Morgan fingerprint density at radius 1 is 0.571 bits per heavy atom. The molecule has 3 rings (SSSR count). The van der Waals surface area contributed by atoms with Crippen LogP contribution in [0.2, 0.25) is 0 Å². The molecular weight excluding hydrogens is 258 g/mol. The topological polar surface area (TPSA) is 35.2 Å². The minimum Gasteiger partial charge on any atom is -0.412 e. The van der Waals surface area contributed by atoms with E-state index in [9.17, 15) is 0 Å². The van der Waals surface area contributed by atoms with E-state index in [2.05, 4.69) is 55.5 Å². The minimum absolute atomic E-state index is 0.662. The molecule has 0 radical (unpaired) electrons. The number of benzene rings is 3. The van der Waals surface area contributed by atoms with Gasteiger partial charge in [0.25, 0.3) is 0 Å². The molecule has 0 aliphatic carbocycles. The highest BCUT2D eigenvalue weighted by molar-refractivity contribution is 5.70. The fraction of sp³-hybridized carbons (Fsp3) is 0.0526. The van der Waals surface area contributed by atoms with Crippen LogP contribution in [0.15, 0.2) is 72.8 Å². The van der Waals surface area contributed by atoms with Gasteiger partial charge in [-0.05, 0) is 41.3 Å². The van der Waals surface area contributed by atoms with E-state index >= 15 is 0 Å². The number of hydrogen-bond acceptors (Lipinski definition) is 2. The van der Waals surface area contributed by atoms with Crippen LogP contribution in [0.25, 0.3) is 22.3 Å². The Morgan fingerprint density at radius 3 is 1.29 bits per heavy atom. The molecule has 0 fully saturated rings. The molecule has 2 nitrogen and oxygen atoms in total. The maximum Gasteiger partial charge on any atom is 0.146 e. The summed E-state index contributed by atoms with van der Waals surface area (Å²) in [6, 6.07) is 24.9. The van der Waals surface area contributed by atoms with Crippen molar-refractivity contribution in [2.45, 2.75) is 6.92 Å². The summed E-state index contributed by atoms with van der Waals surface area (Å²) in [6.07, 6.45) is 0. The maximum atomic E-state index is 5.13. The number of hydrogen-bond donors (Lipinski definition) is 1. The van der Waals surface area contributed by atoms with Crippen molar-refractivity contribution in [3.63, 3.8) is 0 Å². The fourth-order valence-electron chi connectivity index (χ4n) is 2.33. The lowest BCUT2D eigenvalue weighted by Gasteiger charge is -2.06. The zero-order chi connectivity index (χ0) is 14.7.